The minimum Gasteiger partial charge on any atom is -0.266 e. The molecule has 4 aromatic rings. The number of nitrogens with one attached hydrogen (secondary N) is 1. The average molecular weight is 507 g/mol. The van der Waals surface area contributed by atoms with Gasteiger partial charge in [-0.25, -0.2) is 18.4 Å². The van der Waals surface area contributed by atoms with Crippen molar-refractivity contribution in [1.29, 1.82) is 5.26 Å². The number of halogens is 3. The standard InChI is InChI=1S/C21H17F3N6O2S2/c1-3-13-8-15-16(9-25)18(30(19(15)28-10-13)20-26-6-7-33-20)17-5-4-14(11-27-17)34(31,32)29-12(2)21(22,23)24/h4-8,10-12,29H,3H2,1-2H3/t12-/m0/s1. The highest BCUT2D eigenvalue weighted by Gasteiger charge is 2.39. The van der Waals surface area contributed by atoms with Crippen LogP contribution in [0.5, 0.6) is 0 Å². The molecule has 13 heteroatoms. The summed E-state index contributed by atoms with van der Waals surface area (Å²) in [4.78, 5) is 12.6. The number of aromatic nitrogens is 4. The van der Waals surface area contributed by atoms with E-state index < -0.39 is 27.1 Å². The van der Waals surface area contributed by atoms with Gasteiger partial charge >= 0.3 is 6.18 Å². The van der Waals surface area contributed by atoms with Crippen molar-refractivity contribution in [3.05, 3.63) is 53.3 Å². The molecule has 0 spiro atoms. The Morgan fingerprint density at radius 2 is 2.00 bits per heavy atom. The first-order valence-corrected chi connectivity index (χ1v) is 12.3. The molecule has 34 heavy (non-hydrogen) atoms. The van der Waals surface area contributed by atoms with Gasteiger partial charge in [-0.1, -0.05) is 6.92 Å². The van der Waals surface area contributed by atoms with Gasteiger partial charge in [0, 0.05) is 29.4 Å². The molecule has 1 atom stereocenters. The number of aryl methyl sites for hydroxylation is 1. The van der Waals surface area contributed by atoms with Crippen molar-refractivity contribution in [2.24, 2.45) is 0 Å². The van der Waals surface area contributed by atoms with E-state index in [-0.39, 0.29) is 11.3 Å². The molecule has 0 saturated heterocycles. The van der Waals surface area contributed by atoms with E-state index in [4.69, 9.17) is 0 Å². The summed E-state index contributed by atoms with van der Waals surface area (Å²) in [7, 11) is -4.47. The molecule has 4 aromatic heterocycles. The van der Waals surface area contributed by atoms with Crippen LogP contribution in [0, 0.1) is 11.3 Å². The van der Waals surface area contributed by atoms with Crippen LogP contribution in [0.25, 0.3) is 27.6 Å². The number of sulfonamides is 1. The van der Waals surface area contributed by atoms with E-state index >= 15 is 0 Å². The van der Waals surface area contributed by atoms with Gasteiger partial charge in [0.1, 0.15) is 22.7 Å². The van der Waals surface area contributed by atoms with Crippen LogP contribution in [-0.2, 0) is 16.4 Å². The smallest absolute Gasteiger partial charge is 0.266 e. The number of nitriles is 1. The number of pyridine rings is 2. The number of hydrogen-bond donors (Lipinski definition) is 1. The largest absolute Gasteiger partial charge is 0.404 e. The normalized spacial score (nSPS) is 13.2. The van der Waals surface area contributed by atoms with Gasteiger partial charge < -0.3 is 0 Å². The minimum atomic E-state index is -4.73. The predicted molar refractivity (Wildman–Crippen MR) is 120 cm³/mol. The van der Waals surface area contributed by atoms with Crippen molar-refractivity contribution < 1.29 is 21.6 Å². The van der Waals surface area contributed by atoms with Crippen LogP contribution in [-0.4, -0.2) is 40.2 Å². The van der Waals surface area contributed by atoms with Crippen LogP contribution in [0.3, 0.4) is 0 Å². The van der Waals surface area contributed by atoms with Gasteiger partial charge in [0.05, 0.1) is 17.0 Å². The Labute approximate surface area is 196 Å². The Kier molecular flexibility index (Phi) is 6.15. The van der Waals surface area contributed by atoms with Gasteiger partial charge in [-0.3, -0.25) is 9.55 Å². The summed E-state index contributed by atoms with van der Waals surface area (Å²) in [6.45, 7) is 2.67. The zero-order valence-corrected chi connectivity index (χ0v) is 19.5. The summed E-state index contributed by atoms with van der Waals surface area (Å²) in [6, 6.07) is 4.25. The fourth-order valence-electron chi connectivity index (χ4n) is 3.32. The van der Waals surface area contributed by atoms with Crippen molar-refractivity contribution in [2.45, 2.75) is 37.4 Å². The lowest BCUT2D eigenvalue weighted by molar-refractivity contribution is -0.147. The fourth-order valence-corrected chi connectivity index (χ4v) is 5.14. The third-order valence-corrected chi connectivity index (χ3v) is 7.39. The number of alkyl halides is 3. The van der Waals surface area contributed by atoms with Gasteiger partial charge in [-0.2, -0.15) is 23.2 Å². The van der Waals surface area contributed by atoms with Crippen LogP contribution >= 0.6 is 11.3 Å². The molecular weight excluding hydrogens is 489 g/mol. The molecule has 0 unspecified atom stereocenters. The Bertz CT molecular complexity index is 1490. The predicted octanol–water partition coefficient (Wildman–Crippen LogP) is 4.21. The van der Waals surface area contributed by atoms with Crippen molar-refractivity contribution in [3.63, 3.8) is 0 Å². The lowest BCUT2D eigenvalue weighted by Gasteiger charge is -2.17. The van der Waals surface area contributed by atoms with Crippen LogP contribution < -0.4 is 4.72 Å². The number of thiazole rings is 1. The highest BCUT2D eigenvalue weighted by atomic mass is 32.2. The quantitative estimate of drug-likeness (QED) is 0.419. The molecule has 0 fully saturated rings. The Morgan fingerprint density at radius 3 is 2.56 bits per heavy atom. The summed E-state index contributed by atoms with van der Waals surface area (Å²) in [5.41, 5.74) is 2.28. The second-order valence-corrected chi connectivity index (χ2v) is 9.90. The molecule has 4 heterocycles. The fraction of sp³-hybridized carbons (Fsp3) is 0.238. The van der Waals surface area contributed by atoms with Gasteiger partial charge in [0.25, 0.3) is 0 Å². The highest BCUT2D eigenvalue weighted by Crippen LogP contribution is 2.35. The first kappa shape index (κ1) is 23.8. The zero-order chi connectivity index (χ0) is 24.7. The highest BCUT2D eigenvalue weighted by molar-refractivity contribution is 7.89. The third-order valence-electron chi connectivity index (χ3n) is 5.11. The first-order valence-electron chi connectivity index (χ1n) is 9.95. The maximum atomic E-state index is 12.8. The van der Waals surface area contributed by atoms with Gasteiger partial charge in [0.2, 0.25) is 10.0 Å². The molecule has 4 rings (SSSR count). The van der Waals surface area contributed by atoms with Crippen LogP contribution in [0.1, 0.15) is 25.0 Å². The van der Waals surface area contributed by atoms with Crippen molar-refractivity contribution in [2.75, 3.05) is 0 Å². The van der Waals surface area contributed by atoms with E-state index in [1.807, 2.05) is 13.0 Å². The minimum absolute atomic E-state index is 0.241. The molecule has 0 aliphatic carbocycles. The molecule has 0 aliphatic rings. The van der Waals surface area contributed by atoms with Gasteiger partial charge in [0.15, 0.2) is 5.13 Å². The lowest BCUT2D eigenvalue weighted by atomic mass is 10.1. The SMILES string of the molecule is CCc1cnc2c(c1)c(C#N)c(-c1ccc(S(=O)(=O)N[C@@H](C)C(F)(F)F)cn1)n2-c1nccs1. The number of fused-ring (bicyclic) bond motifs is 1. The molecule has 8 nitrogen and oxygen atoms in total. The first-order chi connectivity index (χ1) is 16.1. The van der Waals surface area contributed by atoms with Crippen molar-refractivity contribution in [1.82, 2.24) is 24.2 Å². The molecule has 1 N–H and O–H groups in total. The van der Waals surface area contributed by atoms with Crippen LogP contribution in [0.15, 0.2) is 47.1 Å². The molecule has 0 aliphatic heterocycles. The van der Waals surface area contributed by atoms with Gasteiger partial charge in [-0.15, -0.1) is 11.3 Å². The van der Waals surface area contributed by atoms with Crippen molar-refractivity contribution in [3.8, 4) is 22.6 Å². The maximum absolute atomic E-state index is 12.8. The summed E-state index contributed by atoms with van der Waals surface area (Å²) in [6.07, 6.45) is 0.226. The zero-order valence-electron chi connectivity index (χ0n) is 17.8. The van der Waals surface area contributed by atoms with Crippen molar-refractivity contribution >= 4 is 32.4 Å². The van der Waals surface area contributed by atoms with E-state index in [0.29, 0.717) is 35.2 Å². The molecule has 0 radical (unpaired) electrons. The molecular formula is C21H17F3N6O2S2. The van der Waals surface area contributed by atoms with E-state index in [1.165, 1.54) is 17.4 Å². The van der Waals surface area contributed by atoms with E-state index in [0.717, 1.165) is 17.8 Å². The molecule has 0 amide bonds. The molecule has 176 valence electrons. The molecule has 0 saturated carbocycles. The second kappa shape index (κ2) is 8.79. The summed E-state index contributed by atoms with van der Waals surface area (Å²) in [5.74, 6) is 0. The van der Waals surface area contributed by atoms with E-state index in [1.54, 1.807) is 27.1 Å². The average Bonchev–Trinajstić information content (AvgIpc) is 3.43. The number of hydrogen-bond acceptors (Lipinski definition) is 7. The monoisotopic (exact) mass is 506 g/mol. The Morgan fingerprint density at radius 1 is 1.24 bits per heavy atom. The van der Waals surface area contributed by atoms with Gasteiger partial charge in [-0.05, 0) is 37.1 Å². The molecule has 0 aromatic carbocycles. The molecule has 0 bridgehead atoms. The lowest BCUT2D eigenvalue weighted by Crippen LogP contribution is -2.42. The Balaban J connectivity index is 1.86. The number of nitrogens with zero attached hydrogens (tertiary/aromatic N) is 5. The van der Waals surface area contributed by atoms with E-state index in [9.17, 15) is 26.9 Å². The summed E-state index contributed by atoms with van der Waals surface area (Å²) >= 11 is 1.31. The van der Waals surface area contributed by atoms with E-state index in [2.05, 4.69) is 21.0 Å². The Hall–Kier alpha value is -3.34. The summed E-state index contributed by atoms with van der Waals surface area (Å²) < 4.78 is 66.5. The third kappa shape index (κ3) is 4.27. The number of rotatable bonds is 6. The second-order valence-electron chi connectivity index (χ2n) is 7.32. The summed E-state index contributed by atoms with van der Waals surface area (Å²) in [5, 5.41) is 12.8. The van der Waals surface area contributed by atoms with Crippen LogP contribution in [0.2, 0.25) is 0 Å². The van der Waals surface area contributed by atoms with Crippen LogP contribution in [0.4, 0.5) is 13.2 Å². The topological polar surface area (TPSA) is 114 Å². The maximum Gasteiger partial charge on any atom is 0.404 e.